The molecule has 0 saturated heterocycles. The number of unbranched alkanes of at least 4 members (excludes halogenated alkanes) is 1. The topological polar surface area (TPSA) is 91.7 Å². The lowest BCUT2D eigenvalue weighted by atomic mass is 10.1. The first-order chi connectivity index (χ1) is 16.3. The van der Waals surface area contributed by atoms with Gasteiger partial charge in [0.1, 0.15) is 11.6 Å². The number of nitriles is 1. The standard InChI is InChI=1S/C27H33N3O4/c1-6-8-9-20-10-13-23(14-11-20)29-26(31)22(18-28)16-21-12-15-24(25(17-21)33-7-2)34-19(3)27(32)30(4)5/h10-17,19H,6-9H2,1-5H3,(H,29,31)/b22-16+. The molecule has 2 rings (SSSR count). The number of carbonyl (C=O) groups excluding carboxylic acids is 2. The highest BCUT2D eigenvalue weighted by atomic mass is 16.5. The number of anilines is 1. The Hall–Kier alpha value is -3.79. The Labute approximate surface area is 202 Å². The van der Waals surface area contributed by atoms with Crippen LogP contribution in [0.1, 0.15) is 44.7 Å². The Morgan fingerprint density at radius 3 is 2.41 bits per heavy atom. The van der Waals surface area contributed by atoms with Gasteiger partial charge in [-0.2, -0.15) is 5.26 Å². The van der Waals surface area contributed by atoms with Crippen molar-refractivity contribution in [3.63, 3.8) is 0 Å². The van der Waals surface area contributed by atoms with E-state index in [1.165, 1.54) is 16.5 Å². The van der Waals surface area contributed by atoms with Gasteiger partial charge in [-0.05, 0) is 68.2 Å². The molecule has 180 valence electrons. The fourth-order valence-electron chi connectivity index (χ4n) is 3.23. The number of ether oxygens (including phenoxy) is 2. The first kappa shape index (κ1) is 26.5. The van der Waals surface area contributed by atoms with E-state index in [2.05, 4.69) is 12.2 Å². The maximum atomic E-state index is 12.7. The molecule has 0 saturated carbocycles. The molecule has 1 N–H and O–H groups in total. The molecule has 1 atom stereocenters. The van der Waals surface area contributed by atoms with Crippen molar-refractivity contribution in [2.45, 2.75) is 46.1 Å². The highest BCUT2D eigenvalue weighted by Crippen LogP contribution is 2.30. The highest BCUT2D eigenvalue weighted by molar-refractivity contribution is 6.09. The second kappa shape index (κ2) is 13.0. The van der Waals surface area contributed by atoms with Crippen molar-refractivity contribution >= 4 is 23.6 Å². The number of rotatable bonds is 11. The SMILES string of the molecule is CCCCc1ccc(NC(=O)/C(C#N)=C/c2ccc(OC(C)C(=O)N(C)C)c(OCC)c2)cc1. The summed E-state index contributed by atoms with van der Waals surface area (Å²) >= 11 is 0. The van der Waals surface area contributed by atoms with Gasteiger partial charge in [0.05, 0.1) is 6.61 Å². The Kier molecular flexibility index (Phi) is 10.2. The van der Waals surface area contributed by atoms with Crippen LogP contribution in [-0.2, 0) is 16.0 Å². The zero-order chi connectivity index (χ0) is 25.1. The summed E-state index contributed by atoms with van der Waals surface area (Å²) in [6.45, 7) is 6.04. The summed E-state index contributed by atoms with van der Waals surface area (Å²) < 4.78 is 11.5. The molecule has 0 aliphatic carbocycles. The van der Waals surface area contributed by atoms with E-state index in [-0.39, 0.29) is 11.5 Å². The molecule has 2 aromatic carbocycles. The van der Waals surface area contributed by atoms with Crippen LogP contribution in [0.5, 0.6) is 11.5 Å². The number of benzene rings is 2. The molecule has 0 heterocycles. The number of carbonyl (C=O) groups is 2. The maximum Gasteiger partial charge on any atom is 0.266 e. The number of aryl methyl sites for hydroxylation is 1. The predicted molar refractivity (Wildman–Crippen MR) is 134 cm³/mol. The van der Waals surface area contributed by atoms with E-state index >= 15 is 0 Å². The molecule has 0 aromatic heterocycles. The molecule has 1 unspecified atom stereocenters. The summed E-state index contributed by atoms with van der Waals surface area (Å²) in [5.41, 5.74) is 2.40. The minimum Gasteiger partial charge on any atom is -0.490 e. The quantitative estimate of drug-likeness (QED) is 0.381. The van der Waals surface area contributed by atoms with Crippen molar-refractivity contribution in [2.24, 2.45) is 0 Å². The molecular weight excluding hydrogens is 430 g/mol. The summed E-state index contributed by atoms with van der Waals surface area (Å²) in [5, 5.41) is 12.3. The molecule has 0 fully saturated rings. The summed E-state index contributed by atoms with van der Waals surface area (Å²) in [6.07, 6.45) is 4.04. The zero-order valence-electron chi connectivity index (χ0n) is 20.6. The normalized spacial score (nSPS) is 11.8. The molecule has 0 radical (unpaired) electrons. The van der Waals surface area contributed by atoms with Crippen molar-refractivity contribution in [1.82, 2.24) is 4.90 Å². The van der Waals surface area contributed by atoms with Gasteiger partial charge >= 0.3 is 0 Å². The average molecular weight is 464 g/mol. The third kappa shape index (κ3) is 7.66. The van der Waals surface area contributed by atoms with Crippen LogP contribution in [0.25, 0.3) is 6.08 Å². The fourth-order valence-corrected chi connectivity index (χ4v) is 3.23. The largest absolute Gasteiger partial charge is 0.490 e. The summed E-state index contributed by atoms with van der Waals surface area (Å²) in [7, 11) is 3.32. The summed E-state index contributed by atoms with van der Waals surface area (Å²) in [5.74, 6) is 0.170. The van der Waals surface area contributed by atoms with Crippen LogP contribution in [0.4, 0.5) is 5.69 Å². The molecule has 34 heavy (non-hydrogen) atoms. The lowest BCUT2D eigenvalue weighted by molar-refractivity contribution is -0.135. The summed E-state index contributed by atoms with van der Waals surface area (Å²) in [4.78, 5) is 26.3. The number of nitrogens with one attached hydrogen (secondary N) is 1. The highest BCUT2D eigenvalue weighted by Gasteiger charge is 2.19. The number of likely N-dealkylation sites (N-methyl/N-ethyl adjacent to an activating group) is 1. The first-order valence-corrected chi connectivity index (χ1v) is 11.5. The summed E-state index contributed by atoms with van der Waals surface area (Å²) in [6, 6.07) is 14.7. The predicted octanol–water partition coefficient (Wildman–Crippen LogP) is 4.83. The van der Waals surface area contributed by atoms with E-state index in [0.29, 0.717) is 29.4 Å². The third-order valence-electron chi connectivity index (χ3n) is 5.07. The Balaban J connectivity index is 2.19. The lowest BCUT2D eigenvalue weighted by Crippen LogP contribution is -2.35. The minimum absolute atomic E-state index is 0.0395. The third-order valence-corrected chi connectivity index (χ3v) is 5.07. The van der Waals surface area contributed by atoms with E-state index in [9.17, 15) is 14.9 Å². The fraction of sp³-hybridized carbons (Fsp3) is 0.370. The number of hydrogen-bond donors (Lipinski definition) is 1. The molecular formula is C27H33N3O4. The molecule has 7 nitrogen and oxygen atoms in total. The zero-order valence-corrected chi connectivity index (χ0v) is 20.6. The van der Waals surface area contributed by atoms with E-state index in [1.54, 1.807) is 39.2 Å². The van der Waals surface area contributed by atoms with Gasteiger partial charge in [0.15, 0.2) is 17.6 Å². The van der Waals surface area contributed by atoms with Crippen molar-refractivity contribution in [3.05, 3.63) is 59.2 Å². The van der Waals surface area contributed by atoms with Crippen LogP contribution in [0, 0.1) is 11.3 Å². The van der Waals surface area contributed by atoms with Crippen LogP contribution < -0.4 is 14.8 Å². The van der Waals surface area contributed by atoms with E-state index in [0.717, 1.165) is 19.3 Å². The van der Waals surface area contributed by atoms with Crippen molar-refractivity contribution < 1.29 is 19.1 Å². The average Bonchev–Trinajstić information content (AvgIpc) is 2.82. The smallest absolute Gasteiger partial charge is 0.266 e. The van der Waals surface area contributed by atoms with E-state index in [1.807, 2.05) is 37.3 Å². The maximum absolute atomic E-state index is 12.7. The molecule has 2 amide bonds. The van der Waals surface area contributed by atoms with Crippen molar-refractivity contribution in [3.8, 4) is 17.6 Å². The lowest BCUT2D eigenvalue weighted by Gasteiger charge is -2.20. The van der Waals surface area contributed by atoms with Gasteiger partial charge in [-0.15, -0.1) is 0 Å². The number of nitrogens with zero attached hydrogens (tertiary/aromatic N) is 2. The van der Waals surface area contributed by atoms with Gasteiger partial charge in [-0.3, -0.25) is 9.59 Å². The van der Waals surface area contributed by atoms with E-state index < -0.39 is 12.0 Å². The van der Waals surface area contributed by atoms with Crippen LogP contribution in [0.3, 0.4) is 0 Å². The monoisotopic (exact) mass is 463 g/mol. The van der Waals surface area contributed by atoms with Crippen LogP contribution in [-0.4, -0.2) is 43.5 Å². The van der Waals surface area contributed by atoms with Crippen molar-refractivity contribution in [1.29, 1.82) is 5.26 Å². The van der Waals surface area contributed by atoms with Crippen LogP contribution >= 0.6 is 0 Å². The van der Waals surface area contributed by atoms with Gasteiger partial charge in [0.2, 0.25) is 0 Å². The number of amides is 2. The molecule has 7 heteroatoms. The van der Waals surface area contributed by atoms with Gasteiger partial charge in [-0.1, -0.05) is 31.5 Å². The molecule has 0 bridgehead atoms. The second-order valence-electron chi connectivity index (χ2n) is 8.06. The van der Waals surface area contributed by atoms with Gasteiger partial charge in [0, 0.05) is 19.8 Å². The van der Waals surface area contributed by atoms with Gasteiger partial charge < -0.3 is 19.7 Å². The number of hydrogen-bond acceptors (Lipinski definition) is 5. The van der Waals surface area contributed by atoms with Gasteiger partial charge in [-0.25, -0.2) is 0 Å². The van der Waals surface area contributed by atoms with Crippen LogP contribution in [0.2, 0.25) is 0 Å². The Morgan fingerprint density at radius 2 is 1.82 bits per heavy atom. The second-order valence-corrected chi connectivity index (χ2v) is 8.06. The first-order valence-electron chi connectivity index (χ1n) is 11.5. The molecule has 2 aromatic rings. The van der Waals surface area contributed by atoms with Crippen molar-refractivity contribution in [2.75, 3.05) is 26.0 Å². The Morgan fingerprint density at radius 1 is 1.12 bits per heavy atom. The molecule has 0 aliphatic rings. The molecule has 0 spiro atoms. The van der Waals surface area contributed by atoms with E-state index in [4.69, 9.17) is 9.47 Å². The Bertz CT molecular complexity index is 1050. The van der Waals surface area contributed by atoms with Gasteiger partial charge in [0.25, 0.3) is 11.8 Å². The molecule has 0 aliphatic heterocycles. The minimum atomic E-state index is -0.690. The van der Waals surface area contributed by atoms with Crippen LogP contribution in [0.15, 0.2) is 48.0 Å².